The van der Waals surface area contributed by atoms with E-state index in [2.05, 4.69) is 26.1 Å². The van der Waals surface area contributed by atoms with Gasteiger partial charge in [-0.2, -0.15) is 0 Å². The van der Waals surface area contributed by atoms with E-state index in [0.717, 1.165) is 31.5 Å². The van der Waals surface area contributed by atoms with Crippen molar-refractivity contribution < 1.29 is 4.74 Å². The lowest BCUT2D eigenvalue weighted by Gasteiger charge is -2.39. The molecule has 0 amide bonds. The quantitative estimate of drug-likeness (QED) is 0.688. The molecule has 0 atom stereocenters. The lowest BCUT2D eigenvalue weighted by molar-refractivity contribution is 0.135. The molecule has 0 aromatic rings. The van der Waals surface area contributed by atoms with E-state index in [1.807, 2.05) is 0 Å². The van der Waals surface area contributed by atoms with Crippen molar-refractivity contribution in [3.8, 4) is 0 Å². The molecule has 0 aromatic carbocycles. The first-order valence-electron chi connectivity index (χ1n) is 7.32. The van der Waals surface area contributed by atoms with Crippen molar-refractivity contribution in [1.29, 1.82) is 0 Å². The van der Waals surface area contributed by atoms with Crippen LogP contribution in [0.2, 0.25) is 0 Å². The van der Waals surface area contributed by atoms with Crippen LogP contribution in [0.3, 0.4) is 0 Å². The summed E-state index contributed by atoms with van der Waals surface area (Å²) in [7, 11) is 1.78. The first kappa shape index (κ1) is 15.0. The Morgan fingerprint density at radius 1 is 1.18 bits per heavy atom. The number of rotatable bonds is 7. The molecular formula is C15H31NO. The van der Waals surface area contributed by atoms with E-state index in [-0.39, 0.29) is 0 Å². The molecule has 0 bridgehead atoms. The van der Waals surface area contributed by atoms with Crippen molar-refractivity contribution in [1.82, 2.24) is 5.32 Å². The molecule has 2 nitrogen and oxygen atoms in total. The van der Waals surface area contributed by atoms with Crippen molar-refractivity contribution in [3.63, 3.8) is 0 Å². The molecule has 1 N–H and O–H groups in total. The van der Waals surface area contributed by atoms with Gasteiger partial charge in [0.15, 0.2) is 0 Å². The highest BCUT2D eigenvalue weighted by Crippen LogP contribution is 2.40. The van der Waals surface area contributed by atoms with E-state index in [0.29, 0.717) is 5.41 Å². The van der Waals surface area contributed by atoms with Gasteiger partial charge in [0.05, 0.1) is 0 Å². The molecule has 0 saturated heterocycles. The Morgan fingerprint density at radius 2 is 1.82 bits per heavy atom. The second-order valence-corrected chi connectivity index (χ2v) is 6.19. The Bertz CT molecular complexity index is 195. The monoisotopic (exact) mass is 241 g/mol. The molecule has 17 heavy (non-hydrogen) atoms. The Labute approximate surface area is 108 Å². The van der Waals surface area contributed by atoms with Gasteiger partial charge in [-0.25, -0.2) is 0 Å². The van der Waals surface area contributed by atoms with Crippen LogP contribution in [0, 0.1) is 11.3 Å². The van der Waals surface area contributed by atoms with Crippen molar-refractivity contribution in [2.75, 3.05) is 20.3 Å². The maximum Gasteiger partial charge on any atom is 0.0474 e. The molecule has 1 saturated carbocycles. The van der Waals surface area contributed by atoms with E-state index in [1.54, 1.807) is 7.11 Å². The van der Waals surface area contributed by atoms with Crippen LogP contribution < -0.4 is 5.32 Å². The van der Waals surface area contributed by atoms with E-state index in [1.165, 1.54) is 32.1 Å². The molecule has 0 radical (unpaired) electrons. The molecule has 0 aliphatic heterocycles. The smallest absolute Gasteiger partial charge is 0.0474 e. The van der Waals surface area contributed by atoms with Gasteiger partial charge in [0, 0.05) is 19.8 Å². The number of methoxy groups -OCH3 is 1. The normalized spacial score (nSPS) is 26.1. The zero-order valence-corrected chi connectivity index (χ0v) is 12.2. The zero-order valence-electron chi connectivity index (χ0n) is 12.2. The van der Waals surface area contributed by atoms with Gasteiger partial charge >= 0.3 is 0 Å². The van der Waals surface area contributed by atoms with E-state index < -0.39 is 0 Å². The third-order valence-electron chi connectivity index (χ3n) is 4.70. The summed E-state index contributed by atoms with van der Waals surface area (Å²) in [6.07, 6.45) is 7.98. The highest BCUT2D eigenvalue weighted by Gasteiger charge is 2.31. The second kappa shape index (κ2) is 7.38. The van der Waals surface area contributed by atoms with Crippen LogP contribution in [-0.2, 0) is 4.74 Å². The largest absolute Gasteiger partial charge is 0.385 e. The van der Waals surface area contributed by atoms with Gasteiger partial charge in [0.2, 0.25) is 0 Å². The van der Waals surface area contributed by atoms with Crippen molar-refractivity contribution >= 4 is 0 Å². The molecule has 1 rings (SSSR count). The van der Waals surface area contributed by atoms with Crippen LogP contribution in [0.1, 0.15) is 59.3 Å². The molecular weight excluding hydrogens is 210 g/mol. The minimum Gasteiger partial charge on any atom is -0.385 e. The van der Waals surface area contributed by atoms with Gasteiger partial charge in [0.1, 0.15) is 0 Å². The summed E-state index contributed by atoms with van der Waals surface area (Å²) >= 11 is 0. The Morgan fingerprint density at radius 3 is 2.35 bits per heavy atom. The highest BCUT2D eigenvalue weighted by atomic mass is 16.5. The Hall–Kier alpha value is -0.0800. The van der Waals surface area contributed by atoms with Crippen LogP contribution in [0.5, 0.6) is 0 Å². The maximum atomic E-state index is 5.07. The van der Waals surface area contributed by atoms with Gasteiger partial charge in [-0.1, -0.05) is 27.2 Å². The molecule has 0 aromatic heterocycles. The van der Waals surface area contributed by atoms with Crippen LogP contribution in [-0.4, -0.2) is 26.3 Å². The summed E-state index contributed by atoms with van der Waals surface area (Å²) in [4.78, 5) is 0. The molecule has 2 heteroatoms. The van der Waals surface area contributed by atoms with Crippen molar-refractivity contribution in [3.05, 3.63) is 0 Å². The first-order chi connectivity index (χ1) is 8.10. The number of nitrogens with one attached hydrogen (secondary N) is 1. The minimum absolute atomic E-state index is 0.543. The molecule has 1 aliphatic carbocycles. The molecule has 0 heterocycles. The van der Waals surface area contributed by atoms with E-state index in [9.17, 15) is 0 Å². The number of ether oxygens (including phenoxy) is 1. The zero-order chi connectivity index (χ0) is 12.7. The van der Waals surface area contributed by atoms with Gasteiger partial charge in [-0.15, -0.1) is 0 Å². The van der Waals surface area contributed by atoms with E-state index >= 15 is 0 Å². The summed E-state index contributed by atoms with van der Waals surface area (Å²) in [5.74, 6) is 0.935. The minimum atomic E-state index is 0.543. The fourth-order valence-corrected chi connectivity index (χ4v) is 2.89. The molecule has 1 aliphatic rings. The topological polar surface area (TPSA) is 21.3 Å². The molecule has 0 unspecified atom stereocenters. The average molecular weight is 241 g/mol. The lowest BCUT2D eigenvalue weighted by Crippen LogP contribution is -2.37. The Kier molecular flexibility index (Phi) is 6.50. The third-order valence-corrected chi connectivity index (χ3v) is 4.70. The summed E-state index contributed by atoms with van der Waals surface area (Å²) in [6.45, 7) is 9.19. The Balaban J connectivity index is 2.17. The summed E-state index contributed by atoms with van der Waals surface area (Å²) in [5.41, 5.74) is 0.543. The molecule has 0 spiro atoms. The highest BCUT2D eigenvalue weighted by molar-refractivity contribution is 4.84. The predicted octanol–water partition coefficient (Wildman–Crippen LogP) is 3.61. The first-order valence-corrected chi connectivity index (χ1v) is 7.32. The second-order valence-electron chi connectivity index (χ2n) is 6.19. The fraction of sp³-hybridized carbons (Fsp3) is 1.00. The van der Waals surface area contributed by atoms with Gasteiger partial charge in [-0.05, 0) is 50.0 Å². The van der Waals surface area contributed by atoms with Crippen LogP contribution in [0.15, 0.2) is 0 Å². The van der Waals surface area contributed by atoms with E-state index in [4.69, 9.17) is 4.74 Å². The fourth-order valence-electron chi connectivity index (χ4n) is 2.89. The molecule has 1 fully saturated rings. The lowest BCUT2D eigenvalue weighted by atomic mass is 9.69. The standard InChI is InChI=1S/C15H31NO/c1-5-15(2,3)13-7-9-14(10-8-13)16-11-6-12-17-4/h13-14,16H,5-12H2,1-4H3. The summed E-state index contributed by atoms with van der Waals surface area (Å²) in [5, 5.41) is 3.67. The maximum absolute atomic E-state index is 5.07. The van der Waals surface area contributed by atoms with Gasteiger partial charge < -0.3 is 10.1 Å². The summed E-state index contributed by atoms with van der Waals surface area (Å²) < 4.78 is 5.07. The van der Waals surface area contributed by atoms with Crippen LogP contribution in [0.25, 0.3) is 0 Å². The predicted molar refractivity (Wildman–Crippen MR) is 74.3 cm³/mol. The average Bonchev–Trinajstić information content (AvgIpc) is 2.35. The number of hydrogen-bond donors (Lipinski definition) is 1. The van der Waals surface area contributed by atoms with Crippen molar-refractivity contribution in [2.24, 2.45) is 11.3 Å². The van der Waals surface area contributed by atoms with Gasteiger partial charge in [-0.3, -0.25) is 0 Å². The van der Waals surface area contributed by atoms with Gasteiger partial charge in [0.25, 0.3) is 0 Å². The summed E-state index contributed by atoms with van der Waals surface area (Å²) in [6, 6.07) is 0.760. The van der Waals surface area contributed by atoms with Crippen LogP contribution >= 0.6 is 0 Å². The SMILES string of the molecule is CCC(C)(C)C1CCC(NCCCOC)CC1. The molecule has 102 valence electrons. The van der Waals surface area contributed by atoms with Crippen molar-refractivity contribution in [2.45, 2.75) is 65.3 Å². The third kappa shape index (κ3) is 4.97. The van der Waals surface area contributed by atoms with Crippen LogP contribution in [0.4, 0.5) is 0 Å². The number of hydrogen-bond acceptors (Lipinski definition) is 2.